The number of oxazole rings is 1. The number of nitrogens with one attached hydrogen (secondary N) is 1. The second-order valence-corrected chi connectivity index (χ2v) is 4.16. The number of hydrogen-bond donors (Lipinski definition) is 1. The van der Waals surface area contributed by atoms with Gasteiger partial charge in [-0.1, -0.05) is 23.2 Å². The van der Waals surface area contributed by atoms with Crippen LogP contribution in [0.25, 0.3) is 0 Å². The fourth-order valence-corrected chi connectivity index (χ4v) is 1.70. The zero-order valence-corrected chi connectivity index (χ0v) is 10.5. The highest BCUT2D eigenvalue weighted by atomic mass is 35.5. The van der Waals surface area contributed by atoms with Crippen molar-refractivity contribution in [1.82, 2.24) is 10.3 Å². The van der Waals surface area contributed by atoms with Crippen LogP contribution in [0.2, 0.25) is 10.0 Å². The van der Waals surface area contributed by atoms with Gasteiger partial charge in [-0.25, -0.2) is 0 Å². The summed E-state index contributed by atoms with van der Waals surface area (Å²) in [5, 5.41) is 3.91. The Hall–Kier alpha value is -1.23. The molecule has 0 bridgehead atoms. The number of hydrogen-bond acceptors (Lipinski definition) is 4. The van der Waals surface area contributed by atoms with Crippen LogP contribution in [0.5, 0.6) is 11.8 Å². The van der Waals surface area contributed by atoms with Crippen molar-refractivity contribution in [3.05, 3.63) is 40.2 Å². The van der Waals surface area contributed by atoms with Gasteiger partial charge in [-0.15, -0.1) is 0 Å². The van der Waals surface area contributed by atoms with Gasteiger partial charge in [0.05, 0.1) is 10.7 Å². The largest absolute Gasteiger partial charge is 0.417 e. The average Bonchev–Trinajstić information content (AvgIpc) is 2.71. The number of nitrogens with zero attached hydrogens (tertiary/aromatic N) is 1. The molecule has 0 aliphatic carbocycles. The smallest absolute Gasteiger partial charge is 0.399 e. The molecule has 0 atom stereocenters. The maximum absolute atomic E-state index is 5.96. The van der Waals surface area contributed by atoms with Gasteiger partial charge < -0.3 is 14.5 Å². The minimum atomic E-state index is 0.152. The third-order valence-corrected chi connectivity index (χ3v) is 2.51. The van der Waals surface area contributed by atoms with E-state index in [0.29, 0.717) is 22.3 Å². The summed E-state index contributed by atoms with van der Waals surface area (Å²) >= 11 is 11.7. The van der Waals surface area contributed by atoms with Gasteiger partial charge >= 0.3 is 6.08 Å². The van der Waals surface area contributed by atoms with Gasteiger partial charge in [0.15, 0.2) is 5.75 Å². The lowest BCUT2D eigenvalue weighted by atomic mass is 10.3. The lowest BCUT2D eigenvalue weighted by molar-refractivity contribution is 0.331. The van der Waals surface area contributed by atoms with Crippen molar-refractivity contribution in [1.29, 1.82) is 0 Å². The van der Waals surface area contributed by atoms with Crippen LogP contribution in [0.15, 0.2) is 28.9 Å². The highest BCUT2D eigenvalue weighted by molar-refractivity contribution is 6.35. The molecule has 17 heavy (non-hydrogen) atoms. The van der Waals surface area contributed by atoms with Crippen LogP contribution < -0.4 is 10.1 Å². The zero-order chi connectivity index (χ0) is 12.3. The maximum Gasteiger partial charge on any atom is 0.399 e. The Balaban J connectivity index is 2.13. The molecule has 0 aliphatic heterocycles. The third kappa shape index (κ3) is 3.12. The Bertz CT molecular complexity index is 514. The Labute approximate surface area is 109 Å². The number of benzene rings is 1. The van der Waals surface area contributed by atoms with Crippen LogP contribution in [0.1, 0.15) is 5.69 Å². The molecule has 0 aliphatic rings. The minimum Gasteiger partial charge on any atom is -0.417 e. The molecule has 0 radical (unpaired) electrons. The van der Waals surface area contributed by atoms with E-state index in [-0.39, 0.29) is 6.08 Å². The molecule has 4 nitrogen and oxygen atoms in total. The molecule has 0 saturated carbocycles. The number of aromatic nitrogens is 1. The first-order valence-electron chi connectivity index (χ1n) is 4.91. The number of rotatable bonds is 4. The molecule has 0 fully saturated rings. The quantitative estimate of drug-likeness (QED) is 0.926. The van der Waals surface area contributed by atoms with Crippen molar-refractivity contribution < 1.29 is 9.15 Å². The van der Waals surface area contributed by atoms with Gasteiger partial charge in [0.25, 0.3) is 0 Å². The molecule has 0 spiro atoms. The first-order chi connectivity index (χ1) is 8.19. The fraction of sp³-hybridized carbons (Fsp3) is 0.182. The van der Waals surface area contributed by atoms with Crippen molar-refractivity contribution in [2.24, 2.45) is 0 Å². The summed E-state index contributed by atoms with van der Waals surface area (Å²) in [5.41, 5.74) is 0.757. The molecule has 0 unspecified atom stereocenters. The van der Waals surface area contributed by atoms with Gasteiger partial charge in [0.1, 0.15) is 6.26 Å². The third-order valence-electron chi connectivity index (χ3n) is 1.98. The predicted octanol–water partition coefficient (Wildman–Crippen LogP) is 3.49. The summed E-state index contributed by atoms with van der Waals surface area (Å²) < 4.78 is 10.5. The number of halogens is 2. The highest BCUT2D eigenvalue weighted by Gasteiger charge is 2.09. The van der Waals surface area contributed by atoms with Gasteiger partial charge in [-0.2, -0.15) is 4.98 Å². The molecular formula is C11H10Cl2N2O2. The molecule has 2 aromatic rings. The van der Waals surface area contributed by atoms with Crippen molar-refractivity contribution in [3.63, 3.8) is 0 Å². The monoisotopic (exact) mass is 272 g/mol. The lowest BCUT2D eigenvalue weighted by Gasteiger charge is -2.02. The second kappa shape index (κ2) is 5.40. The molecule has 6 heteroatoms. The molecule has 1 aromatic heterocycles. The first-order valence-corrected chi connectivity index (χ1v) is 5.66. The Morgan fingerprint density at radius 2 is 2.24 bits per heavy atom. The molecule has 0 amide bonds. The van der Waals surface area contributed by atoms with Crippen LogP contribution in [0, 0.1) is 0 Å². The Morgan fingerprint density at radius 3 is 2.94 bits per heavy atom. The van der Waals surface area contributed by atoms with E-state index in [1.807, 2.05) is 7.05 Å². The molecule has 1 heterocycles. The predicted molar refractivity (Wildman–Crippen MR) is 65.8 cm³/mol. The maximum atomic E-state index is 5.96. The lowest BCUT2D eigenvalue weighted by Crippen LogP contribution is -2.04. The first kappa shape index (κ1) is 12.2. The standard InChI is InChI=1S/C11H10Cl2N2O2/c1-14-5-8-6-16-11(15-8)17-10-3-2-7(12)4-9(10)13/h2-4,6,14H,5H2,1H3. The molecule has 2 rings (SSSR count). The molecule has 0 saturated heterocycles. The van der Waals surface area contributed by atoms with Crippen LogP contribution in [-0.2, 0) is 6.54 Å². The number of ether oxygens (including phenoxy) is 1. The van der Waals surface area contributed by atoms with Crippen LogP contribution in [0.4, 0.5) is 0 Å². The van der Waals surface area contributed by atoms with Crippen molar-refractivity contribution in [2.45, 2.75) is 6.54 Å². The Morgan fingerprint density at radius 1 is 1.41 bits per heavy atom. The minimum absolute atomic E-state index is 0.152. The topological polar surface area (TPSA) is 47.3 Å². The summed E-state index contributed by atoms with van der Waals surface area (Å²) in [5.74, 6) is 0.453. The van der Waals surface area contributed by atoms with E-state index in [9.17, 15) is 0 Å². The van der Waals surface area contributed by atoms with E-state index in [1.165, 1.54) is 6.26 Å². The molecular weight excluding hydrogens is 263 g/mol. The van der Waals surface area contributed by atoms with Crippen LogP contribution in [0.3, 0.4) is 0 Å². The van der Waals surface area contributed by atoms with Crippen LogP contribution in [-0.4, -0.2) is 12.0 Å². The average molecular weight is 273 g/mol. The molecule has 90 valence electrons. The van der Waals surface area contributed by atoms with E-state index < -0.39 is 0 Å². The fourth-order valence-electron chi connectivity index (χ4n) is 1.25. The van der Waals surface area contributed by atoms with Gasteiger partial charge in [0.2, 0.25) is 0 Å². The van der Waals surface area contributed by atoms with E-state index in [2.05, 4.69) is 10.3 Å². The van der Waals surface area contributed by atoms with Crippen molar-refractivity contribution in [2.75, 3.05) is 7.05 Å². The summed E-state index contributed by atoms with van der Waals surface area (Å²) in [6.07, 6.45) is 1.68. The SMILES string of the molecule is CNCc1coc(Oc2ccc(Cl)cc2Cl)n1. The van der Waals surface area contributed by atoms with Crippen molar-refractivity contribution in [3.8, 4) is 11.8 Å². The van der Waals surface area contributed by atoms with E-state index in [4.69, 9.17) is 32.4 Å². The summed E-state index contributed by atoms with van der Waals surface area (Å²) in [7, 11) is 1.82. The van der Waals surface area contributed by atoms with Gasteiger partial charge in [0, 0.05) is 11.6 Å². The van der Waals surface area contributed by atoms with E-state index in [0.717, 1.165) is 5.69 Å². The summed E-state index contributed by atoms with van der Waals surface area (Å²) in [6.45, 7) is 0.612. The molecule has 1 aromatic carbocycles. The second-order valence-electron chi connectivity index (χ2n) is 3.31. The van der Waals surface area contributed by atoms with E-state index >= 15 is 0 Å². The van der Waals surface area contributed by atoms with Crippen molar-refractivity contribution >= 4 is 23.2 Å². The van der Waals surface area contributed by atoms with E-state index in [1.54, 1.807) is 18.2 Å². The van der Waals surface area contributed by atoms with Crippen LogP contribution >= 0.6 is 23.2 Å². The summed E-state index contributed by atoms with van der Waals surface area (Å²) in [6, 6.07) is 4.93. The molecule has 1 N–H and O–H groups in total. The Kier molecular flexibility index (Phi) is 3.89. The van der Waals surface area contributed by atoms with Gasteiger partial charge in [-0.05, 0) is 25.2 Å². The zero-order valence-electron chi connectivity index (χ0n) is 9.04. The normalized spacial score (nSPS) is 10.5. The summed E-state index contributed by atoms with van der Waals surface area (Å²) in [4.78, 5) is 4.12. The van der Waals surface area contributed by atoms with Gasteiger partial charge in [-0.3, -0.25) is 0 Å². The highest BCUT2D eigenvalue weighted by Crippen LogP contribution is 2.31.